The molecule has 0 aliphatic carbocycles. The standard InChI is InChI=1S/C17H18N2O2/c1-11-8-9-14(13(3)18-11)17(20)19-12(2)10-21-16-7-5-4-6-15(16)19/h4-9,12H,10H2,1-3H3. The Morgan fingerprint density at radius 3 is 2.76 bits per heavy atom. The Hall–Kier alpha value is -2.36. The zero-order valence-corrected chi connectivity index (χ0v) is 12.5. The number of carbonyl (C=O) groups excluding carboxylic acids is 1. The van der Waals surface area contributed by atoms with Crippen molar-refractivity contribution in [1.29, 1.82) is 0 Å². The van der Waals surface area contributed by atoms with E-state index in [0.717, 1.165) is 22.8 Å². The molecule has 1 aromatic carbocycles. The van der Waals surface area contributed by atoms with E-state index < -0.39 is 0 Å². The van der Waals surface area contributed by atoms with E-state index >= 15 is 0 Å². The van der Waals surface area contributed by atoms with Gasteiger partial charge in [-0.05, 0) is 45.0 Å². The average Bonchev–Trinajstić information content (AvgIpc) is 2.46. The molecular formula is C17H18N2O2. The minimum atomic E-state index is -0.0248. The number of pyridine rings is 1. The third-order valence-electron chi connectivity index (χ3n) is 3.72. The molecule has 3 rings (SSSR count). The van der Waals surface area contributed by atoms with Crippen molar-refractivity contribution >= 4 is 11.6 Å². The molecule has 2 aromatic rings. The summed E-state index contributed by atoms with van der Waals surface area (Å²) >= 11 is 0. The minimum Gasteiger partial charge on any atom is -0.489 e. The van der Waals surface area contributed by atoms with Crippen molar-refractivity contribution in [3.8, 4) is 5.75 Å². The minimum absolute atomic E-state index is 0.00639. The first-order chi connectivity index (χ1) is 10.1. The second kappa shape index (κ2) is 5.20. The van der Waals surface area contributed by atoms with Crippen molar-refractivity contribution in [2.45, 2.75) is 26.8 Å². The molecule has 4 heteroatoms. The number of hydrogen-bond donors (Lipinski definition) is 0. The number of ether oxygens (including phenoxy) is 1. The molecule has 108 valence electrons. The van der Waals surface area contributed by atoms with E-state index in [1.165, 1.54) is 0 Å². The molecule has 0 fully saturated rings. The fourth-order valence-corrected chi connectivity index (χ4v) is 2.65. The van der Waals surface area contributed by atoms with E-state index in [0.29, 0.717) is 12.2 Å². The number of hydrogen-bond acceptors (Lipinski definition) is 3. The number of aromatic nitrogens is 1. The van der Waals surface area contributed by atoms with Gasteiger partial charge >= 0.3 is 0 Å². The van der Waals surface area contributed by atoms with Gasteiger partial charge < -0.3 is 4.74 Å². The van der Waals surface area contributed by atoms with Gasteiger partial charge in [0.05, 0.1) is 23.0 Å². The summed E-state index contributed by atoms with van der Waals surface area (Å²) in [4.78, 5) is 19.1. The topological polar surface area (TPSA) is 42.4 Å². The molecule has 2 heterocycles. The number of aryl methyl sites for hydroxylation is 2. The molecule has 0 spiro atoms. The predicted molar refractivity (Wildman–Crippen MR) is 81.9 cm³/mol. The van der Waals surface area contributed by atoms with Crippen molar-refractivity contribution in [3.63, 3.8) is 0 Å². The molecule has 0 saturated heterocycles. The summed E-state index contributed by atoms with van der Waals surface area (Å²) in [5, 5.41) is 0. The largest absolute Gasteiger partial charge is 0.489 e. The van der Waals surface area contributed by atoms with Crippen LogP contribution in [0, 0.1) is 13.8 Å². The first-order valence-corrected chi connectivity index (χ1v) is 7.07. The van der Waals surface area contributed by atoms with Crippen LogP contribution in [0.2, 0.25) is 0 Å². The SMILES string of the molecule is Cc1ccc(C(=O)N2c3ccccc3OCC2C)c(C)n1. The number of para-hydroxylation sites is 2. The van der Waals surface area contributed by atoms with Crippen LogP contribution in [0.5, 0.6) is 5.75 Å². The van der Waals surface area contributed by atoms with Crippen molar-refractivity contribution in [1.82, 2.24) is 4.98 Å². The van der Waals surface area contributed by atoms with E-state index in [9.17, 15) is 4.79 Å². The lowest BCUT2D eigenvalue weighted by molar-refractivity contribution is 0.0960. The summed E-state index contributed by atoms with van der Waals surface area (Å²) in [6, 6.07) is 11.4. The molecule has 4 nitrogen and oxygen atoms in total. The van der Waals surface area contributed by atoms with Gasteiger partial charge in [0.1, 0.15) is 12.4 Å². The molecule has 1 aromatic heterocycles. The molecule has 0 saturated carbocycles. The van der Waals surface area contributed by atoms with Crippen molar-refractivity contribution in [2.75, 3.05) is 11.5 Å². The Morgan fingerprint density at radius 2 is 2.00 bits per heavy atom. The van der Waals surface area contributed by atoms with Gasteiger partial charge in [-0.15, -0.1) is 0 Å². The van der Waals surface area contributed by atoms with Gasteiger partial charge in [-0.3, -0.25) is 14.7 Å². The van der Waals surface area contributed by atoms with Gasteiger partial charge in [-0.25, -0.2) is 0 Å². The Kier molecular flexibility index (Phi) is 3.37. The number of anilines is 1. The van der Waals surface area contributed by atoms with Gasteiger partial charge in [0.2, 0.25) is 0 Å². The normalized spacial score (nSPS) is 17.1. The number of rotatable bonds is 1. The number of amides is 1. The third-order valence-corrected chi connectivity index (χ3v) is 3.72. The van der Waals surface area contributed by atoms with Crippen LogP contribution in [0.1, 0.15) is 28.7 Å². The van der Waals surface area contributed by atoms with E-state index in [-0.39, 0.29) is 11.9 Å². The highest BCUT2D eigenvalue weighted by Gasteiger charge is 2.30. The zero-order valence-electron chi connectivity index (χ0n) is 12.5. The number of carbonyl (C=O) groups is 1. The maximum Gasteiger partial charge on any atom is 0.260 e. The third kappa shape index (κ3) is 2.37. The Labute approximate surface area is 124 Å². The fourth-order valence-electron chi connectivity index (χ4n) is 2.65. The molecule has 0 bridgehead atoms. The summed E-state index contributed by atoms with van der Waals surface area (Å²) in [6.45, 7) is 6.29. The van der Waals surface area contributed by atoms with E-state index in [2.05, 4.69) is 4.98 Å². The quantitative estimate of drug-likeness (QED) is 0.807. The molecule has 1 unspecified atom stereocenters. The highest BCUT2D eigenvalue weighted by molar-refractivity contribution is 6.08. The smallest absolute Gasteiger partial charge is 0.260 e. The van der Waals surface area contributed by atoms with E-state index in [1.807, 2.05) is 57.2 Å². The summed E-state index contributed by atoms with van der Waals surface area (Å²) in [6.07, 6.45) is 0. The van der Waals surface area contributed by atoms with Crippen molar-refractivity contribution < 1.29 is 9.53 Å². The molecule has 1 aliphatic rings. The zero-order chi connectivity index (χ0) is 15.0. The number of benzene rings is 1. The molecule has 1 atom stereocenters. The molecule has 0 radical (unpaired) electrons. The van der Waals surface area contributed by atoms with E-state index in [1.54, 1.807) is 4.90 Å². The summed E-state index contributed by atoms with van der Waals surface area (Å²) in [7, 11) is 0. The Bertz CT molecular complexity index is 697. The van der Waals surface area contributed by atoms with Gasteiger partial charge in [0, 0.05) is 5.69 Å². The molecule has 1 aliphatic heterocycles. The summed E-state index contributed by atoms with van der Waals surface area (Å²) in [5.41, 5.74) is 3.14. The van der Waals surface area contributed by atoms with Crippen molar-refractivity contribution in [3.05, 3.63) is 53.3 Å². The van der Waals surface area contributed by atoms with Crippen molar-refractivity contribution in [2.24, 2.45) is 0 Å². The Morgan fingerprint density at radius 1 is 1.24 bits per heavy atom. The van der Waals surface area contributed by atoms with Crippen LogP contribution in [0.3, 0.4) is 0 Å². The second-order valence-corrected chi connectivity index (χ2v) is 5.39. The van der Waals surface area contributed by atoms with Crippen LogP contribution in [-0.4, -0.2) is 23.5 Å². The van der Waals surface area contributed by atoms with Crippen LogP contribution >= 0.6 is 0 Å². The first-order valence-electron chi connectivity index (χ1n) is 7.07. The maximum absolute atomic E-state index is 12.9. The highest BCUT2D eigenvalue weighted by Crippen LogP contribution is 2.34. The predicted octanol–water partition coefficient (Wildman–Crippen LogP) is 3.13. The lowest BCUT2D eigenvalue weighted by Gasteiger charge is -2.35. The molecular weight excluding hydrogens is 264 g/mol. The van der Waals surface area contributed by atoms with Crippen LogP contribution in [0.25, 0.3) is 0 Å². The first kappa shape index (κ1) is 13.6. The number of nitrogens with zero attached hydrogens (tertiary/aromatic N) is 2. The summed E-state index contributed by atoms with van der Waals surface area (Å²) < 4.78 is 5.69. The van der Waals surface area contributed by atoms with Gasteiger partial charge in [-0.1, -0.05) is 12.1 Å². The molecule has 21 heavy (non-hydrogen) atoms. The van der Waals surface area contributed by atoms with E-state index in [4.69, 9.17) is 4.74 Å². The highest BCUT2D eigenvalue weighted by atomic mass is 16.5. The molecule has 1 amide bonds. The Balaban J connectivity index is 2.05. The van der Waals surface area contributed by atoms with Crippen LogP contribution in [0.4, 0.5) is 5.69 Å². The maximum atomic E-state index is 12.9. The second-order valence-electron chi connectivity index (χ2n) is 5.39. The average molecular weight is 282 g/mol. The van der Waals surface area contributed by atoms with Crippen LogP contribution < -0.4 is 9.64 Å². The summed E-state index contributed by atoms with van der Waals surface area (Å²) in [5.74, 6) is 0.727. The lowest BCUT2D eigenvalue weighted by Crippen LogP contribution is -2.45. The van der Waals surface area contributed by atoms with Gasteiger partial charge in [0.25, 0.3) is 5.91 Å². The number of fused-ring (bicyclic) bond motifs is 1. The molecule has 0 N–H and O–H groups in total. The van der Waals surface area contributed by atoms with Crippen LogP contribution in [0.15, 0.2) is 36.4 Å². The monoisotopic (exact) mass is 282 g/mol. The fraction of sp³-hybridized carbons (Fsp3) is 0.294. The van der Waals surface area contributed by atoms with Gasteiger partial charge in [-0.2, -0.15) is 0 Å². The lowest BCUT2D eigenvalue weighted by atomic mass is 10.1. The van der Waals surface area contributed by atoms with Crippen LogP contribution in [-0.2, 0) is 0 Å². The van der Waals surface area contributed by atoms with Gasteiger partial charge in [0.15, 0.2) is 0 Å².